The molecule has 1 aliphatic rings. The largest absolute Gasteiger partial charge is 0.502 e. The van der Waals surface area contributed by atoms with Gasteiger partial charge < -0.3 is 14.6 Å². The Balaban J connectivity index is 1.94. The maximum Gasteiger partial charge on any atom is 0.371 e. The van der Waals surface area contributed by atoms with Crippen LogP contribution in [0, 0.1) is 5.82 Å². The highest BCUT2D eigenvalue weighted by Crippen LogP contribution is 2.35. The number of aliphatic hydroxyl groups is 1. The summed E-state index contributed by atoms with van der Waals surface area (Å²) in [6.07, 6.45) is 6.34. The van der Waals surface area contributed by atoms with E-state index in [9.17, 15) is 19.1 Å². The Bertz CT molecular complexity index is 857. The third kappa shape index (κ3) is 4.64. The lowest BCUT2D eigenvalue weighted by molar-refractivity contribution is -0.135. The molecular weight excluding hydrogens is 351 g/mol. The maximum absolute atomic E-state index is 13.1. The van der Waals surface area contributed by atoms with Crippen LogP contribution >= 0.6 is 0 Å². The smallest absolute Gasteiger partial charge is 0.371 e. The molecule has 142 valence electrons. The van der Waals surface area contributed by atoms with Crippen LogP contribution in [0.25, 0.3) is 0 Å². The normalized spacial score (nSPS) is 15.7. The first-order chi connectivity index (χ1) is 12.9. The van der Waals surface area contributed by atoms with Gasteiger partial charge in [0.1, 0.15) is 11.6 Å². The molecule has 1 saturated carbocycles. The molecule has 1 aromatic carbocycles. The van der Waals surface area contributed by atoms with Crippen molar-refractivity contribution in [2.24, 2.45) is 0 Å². The fraction of sp³-hybridized carbons (Fsp3) is 0.333. The van der Waals surface area contributed by atoms with E-state index in [0.29, 0.717) is 23.8 Å². The van der Waals surface area contributed by atoms with Crippen molar-refractivity contribution in [2.45, 2.75) is 44.4 Å². The van der Waals surface area contributed by atoms with Gasteiger partial charge in [-0.25, -0.2) is 9.18 Å². The number of furan rings is 1. The standard InChI is InChI=1S/C21H21FO5/c22-16-8-6-13(7-9-16)10-15-11-19(14-4-2-1-3-5-14)27-20(15)17(23)12-18(24)21(25)26/h6-9,11-12,14,24H,1-5,10H2,(H,25,26). The van der Waals surface area contributed by atoms with Crippen molar-refractivity contribution in [3.05, 3.63) is 70.6 Å². The quantitative estimate of drug-likeness (QED) is 0.433. The molecule has 6 heteroatoms. The SMILES string of the molecule is O=C(O)C(O)=CC(=O)c1oc(C2CCCCC2)cc1Cc1ccc(F)cc1. The number of ketones is 1. The summed E-state index contributed by atoms with van der Waals surface area (Å²) >= 11 is 0. The fourth-order valence-electron chi connectivity index (χ4n) is 3.45. The fourth-order valence-corrected chi connectivity index (χ4v) is 3.45. The Morgan fingerprint density at radius 2 is 1.78 bits per heavy atom. The summed E-state index contributed by atoms with van der Waals surface area (Å²) < 4.78 is 19.0. The number of benzene rings is 1. The first-order valence-corrected chi connectivity index (χ1v) is 8.99. The van der Waals surface area contributed by atoms with Crippen molar-refractivity contribution in [3.8, 4) is 0 Å². The highest BCUT2D eigenvalue weighted by molar-refractivity contribution is 6.07. The number of carbonyl (C=O) groups excluding carboxylic acids is 1. The molecule has 27 heavy (non-hydrogen) atoms. The molecular formula is C21H21FO5. The molecule has 1 fully saturated rings. The molecule has 2 N–H and O–H groups in total. The van der Waals surface area contributed by atoms with Gasteiger partial charge in [0, 0.05) is 24.0 Å². The molecule has 2 aromatic rings. The van der Waals surface area contributed by atoms with Crippen LogP contribution in [0.5, 0.6) is 0 Å². The monoisotopic (exact) mass is 372 g/mol. The van der Waals surface area contributed by atoms with E-state index in [4.69, 9.17) is 9.52 Å². The van der Waals surface area contributed by atoms with Crippen LogP contribution in [0.4, 0.5) is 4.39 Å². The number of aliphatic hydroxyl groups excluding tert-OH is 1. The average Bonchev–Trinajstić information content (AvgIpc) is 3.08. The molecule has 5 nitrogen and oxygen atoms in total. The van der Waals surface area contributed by atoms with Crippen molar-refractivity contribution >= 4 is 11.8 Å². The Morgan fingerprint density at radius 1 is 1.11 bits per heavy atom. The highest BCUT2D eigenvalue weighted by Gasteiger charge is 2.24. The Morgan fingerprint density at radius 3 is 2.41 bits per heavy atom. The van der Waals surface area contributed by atoms with Crippen LogP contribution in [-0.2, 0) is 11.2 Å². The van der Waals surface area contributed by atoms with E-state index in [1.165, 1.54) is 18.6 Å². The summed E-state index contributed by atoms with van der Waals surface area (Å²) in [6, 6.07) is 7.77. The third-order valence-corrected chi connectivity index (χ3v) is 4.85. The zero-order valence-electron chi connectivity index (χ0n) is 14.8. The van der Waals surface area contributed by atoms with E-state index in [1.54, 1.807) is 12.1 Å². The number of hydrogen-bond acceptors (Lipinski definition) is 4. The molecule has 0 amide bonds. The summed E-state index contributed by atoms with van der Waals surface area (Å²) in [6.45, 7) is 0. The van der Waals surface area contributed by atoms with Crippen molar-refractivity contribution in [1.82, 2.24) is 0 Å². The molecule has 0 aliphatic heterocycles. The number of aliphatic carboxylic acids is 1. The van der Waals surface area contributed by atoms with E-state index < -0.39 is 17.5 Å². The summed E-state index contributed by atoms with van der Waals surface area (Å²) in [5, 5.41) is 18.2. The van der Waals surface area contributed by atoms with Gasteiger partial charge in [-0.15, -0.1) is 0 Å². The number of halogens is 1. The minimum Gasteiger partial charge on any atom is -0.502 e. The second-order valence-electron chi connectivity index (χ2n) is 6.84. The first-order valence-electron chi connectivity index (χ1n) is 8.99. The van der Waals surface area contributed by atoms with Crippen molar-refractivity contribution in [1.29, 1.82) is 0 Å². The highest BCUT2D eigenvalue weighted by atomic mass is 19.1. The summed E-state index contributed by atoms with van der Waals surface area (Å²) in [5.41, 5.74) is 1.40. The van der Waals surface area contributed by atoms with E-state index >= 15 is 0 Å². The van der Waals surface area contributed by atoms with Crippen LogP contribution < -0.4 is 0 Å². The number of hydrogen-bond donors (Lipinski definition) is 2. The molecule has 0 bridgehead atoms. The van der Waals surface area contributed by atoms with Gasteiger partial charge in [-0.3, -0.25) is 4.79 Å². The lowest BCUT2D eigenvalue weighted by Crippen LogP contribution is -2.05. The van der Waals surface area contributed by atoms with E-state index in [-0.39, 0.29) is 17.5 Å². The number of carbonyl (C=O) groups is 2. The van der Waals surface area contributed by atoms with Crippen LogP contribution in [0.1, 0.15) is 65.5 Å². The van der Waals surface area contributed by atoms with Crippen LogP contribution in [0.3, 0.4) is 0 Å². The van der Waals surface area contributed by atoms with Gasteiger partial charge in [-0.05, 0) is 36.6 Å². The van der Waals surface area contributed by atoms with Crippen LogP contribution in [-0.4, -0.2) is 22.0 Å². The van der Waals surface area contributed by atoms with Gasteiger partial charge in [0.05, 0.1) is 0 Å². The lowest BCUT2D eigenvalue weighted by Gasteiger charge is -2.19. The molecule has 1 aliphatic carbocycles. The summed E-state index contributed by atoms with van der Waals surface area (Å²) in [7, 11) is 0. The number of carboxylic acids is 1. The molecule has 0 saturated heterocycles. The molecule has 0 radical (unpaired) electrons. The summed E-state index contributed by atoms with van der Waals surface area (Å²) in [5.74, 6) is -2.71. The van der Waals surface area contributed by atoms with Gasteiger partial charge in [0.2, 0.25) is 11.5 Å². The van der Waals surface area contributed by atoms with Gasteiger partial charge in [-0.1, -0.05) is 31.4 Å². The zero-order valence-corrected chi connectivity index (χ0v) is 14.8. The van der Waals surface area contributed by atoms with Gasteiger partial charge in [-0.2, -0.15) is 0 Å². The van der Waals surface area contributed by atoms with Gasteiger partial charge >= 0.3 is 5.97 Å². The molecule has 0 unspecified atom stereocenters. The van der Waals surface area contributed by atoms with E-state index in [2.05, 4.69) is 0 Å². The van der Waals surface area contributed by atoms with Crippen LogP contribution in [0.15, 0.2) is 46.6 Å². The van der Waals surface area contributed by atoms with E-state index in [1.807, 2.05) is 6.07 Å². The van der Waals surface area contributed by atoms with Crippen LogP contribution in [0.2, 0.25) is 0 Å². The predicted octanol–water partition coefficient (Wildman–Crippen LogP) is 4.77. The molecule has 0 spiro atoms. The number of allylic oxidation sites excluding steroid dienone is 1. The Kier molecular flexibility index (Phi) is 5.74. The second-order valence-corrected chi connectivity index (χ2v) is 6.84. The number of rotatable bonds is 6. The van der Waals surface area contributed by atoms with Gasteiger partial charge in [0.25, 0.3) is 0 Å². The summed E-state index contributed by atoms with van der Waals surface area (Å²) in [4.78, 5) is 23.3. The second kappa shape index (κ2) is 8.20. The topological polar surface area (TPSA) is 87.7 Å². The minimum atomic E-state index is -1.58. The molecule has 3 rings (SSSR count). The van der Waals surface area contributed by atoms with Gasteiger partial charge in [0.15, 0.2) is 5.76 Å². The molecule has 1 heterocycles. The van der Waals surface area contributed by atoms with Crippen molar-refractivity contribution < 1.29 is 28.6 Å². The maximum atomic E-state index is 13.1. The van der Waals surface area contributed by atoms with Crippen molar-refractivity contribution in [2.75, 3.05) is 0 Å². The molecule has 0 atom stereocenters. The molecule has 1 aromatic heterocycles. The van der Waals surface area contributed by atoms with Crippen molar-refractivity contribution in [3.63, 3.8) is 0 Å². The Labute approximate surface area is 156 Å². The first kappa shape index (κ1) is 18.9. The predicted molar refractivity (Wildman–Crippen MR) is 96.4 cm³/mol. The zero-order chi connectivity index (χ0) is 19.4. The lowest BCUT2D eigenvalue weighted by atomic mass is 9.87. The average molecular weight is 372 g/mol. The minimum absolute atomic E-state index is 0.0210. The number of carboxylic acid groups (broad SMARTS) is 1. The Hall–Kier alpha value is -2.89. The third-order valence-electron chi connectivity index (χ3n) is 4.85. The van der Waals surface area contributed by atoms with E-state index in [0.717, 1.165) is 31.2 Å².